The van der Waals surface area contributed by atoms with E-state index in [0.29, 0.717) is 11.6 Å². The summed E-state index contributed by atoms with van der Waals surface area (Å²) in [6.07, 6.45) is 7.56. The van der Waals surface area contributed by atoms with Gasteiger partial charge >= 0.3 is 0 Å². The number of rotatable bonds is 4. The maximum atomic E-state index is 11.9. The third-order valence-electron chi connectivity index (χ3n) is 3.64. The van der Waals surface area contributed by atoms with Crippen LogP contribution in [-0.4, -0.2) is 18.0 Å². The fourth-order valence-electron chi connectivity index (χ4n) is 2.48. The van der Waals surface area contributed by atoms with Crippen molar-refractivity contribution in [3.05, 3.63) is 40.9 Å². The van der Waals surface area contributed by atoms with Crippen LogP contribution in [0.15, 0.2) is 30.3 Å². The van der Waals surface area contributed by atoms with Crippen LogP contribution in [0.2, 0.25) is 5.02 Å². The lowest BCUT2D eigenvalue weighted by molar-refractivity contribution is -0.118. The molecule has 3 N–H and O–H groups in total. The fraction of sp³-hybridized carbons (Fsp3) is 0.400. The number of hydrogen-bond donors (Lipinski definition) is 2. The third kappa shape index (κ3) is 3.82. The molecule has 0 heterocycles. The minimum absolute atomic E-state index is 0.0812. The Morgan fingerprint density at radius 1 is 1.32 bits per heavy atom. The predicted octanol–water partition coefficient (Wildman–Crippen LogP) is 2.74. The Labute approximate surface area is 118 Å². The summed E-state index contributed by atoms with van der Waals surface area (Å²) in [7, 11) is 0. The van der Waals surface area contributed by atoms with Crippen LogP contribution in [0.1, 0.15) is 31.2 Å². The van der Waals surface area contributed by atoms with Crippen molar-refractivity contribution in [3.8, 4) is 0 Å². The lowest BCUT2D eigenvalue weighted by atomic mass is 9.98. The number of nitrogens with two attached hydrogens (primary N) is 1. The number of amides is 1. The summed E-state index contributed by atoms with van der Waals surface area (Å²) in [5.41, 5.74) is 6.55. The molecule has 0 aliphatic heterocycles. The highest BCUT2D eigenvalue weighted by Gasteiger charge is 2.33. The lowest BCUT2D eigenvalue weighted by Gasteiger charge is -2.27. The molecule has 19 heavy (non-hydrogen) atoms. The third-order valence-corrected chi connectivity index (χ3v) is 3.89. The Bertz CT molecular complexity index is 462. The van der Waals surface area contributed by atoms with E-state index < -0.39 is 0 Å². The zero-order chi connectivity index (χ0) is 13.7. The molecular formula is C15H19ClN2O. The maximum Gasteiger partial charge on any atom is 0.244 e. The molecule has 0 spiro atoms. The van der Waals surface area contributed by atoms with Crippen LogP contribution in [0.5, 0.6) is 0 Å². The molecule has 3 nitrogen and oxygen atoms in total. The second kappa shape index (κ2) is 6.22. The number of carbonyl (C=O) groups is 1. The summed E-state index contributed by atoms with van der Waals surface area (Å²) in [5.74, 6) is -0.0812. The van der Waals surface area contributed by atoms with Crippen molar-refractivity contribution in [1.82, 2.24) is 5.32 Å². The van der Waals surface area contributed by atoms with Gasteiger partial charge in [0, 0.05) is 17.6 Å². The fourth-order valence-corrected chi connectivity index (χ4v) is 2.61. The molecule has 1 saturated carbocycles. The van der Waals surface area contributed by atoms with Crippen molar-refractivity contribution in [3.63, 3.8) is 0 Å². The summed E-state index contributed by atoms with van der Waals surface area (Å²) in [6, 6.07) is 7.36. The second-order valence-electron chi connectivity index (χ2n) is 5.07. The van der Waals surface area contributed by atoms with Gasteiger partial charge in [-0.25, -0.2) is 0 Å². The van der Waals surface area contributed by atoms with Crippen molar-refractivity contribution < 1.29 is 4.79 Å². The van der Waals surface area contributed by atoms with Crippen LogP contribution < -0.4 is 11.1 Å². The van der Waals surface area contributed by atoms with Gasteiger partial charge in [-0.05, 0) is 36.6 Å². The summed E-state index contributed by atoms with van der Waals surface area (Å²) in [6.45, 7) is 0.507. The normalized spacial score (nSPS) is 17.8. The average molecular weight is 279 g/mol. The van der Waals surface area contributed by atoms with Gasteiger partial charge in [0.2, 0.25) is 5.91 Å². The Balaban J connectivity index is 1.95. The van der Waals surface area contributed by atoms with Gasteiger partial charge in [-0.3, -0.25) is 4.79 Å². The molecule has 0 bridgehead atoms. The van der Waals surface area contributed by atoms with Crippen LogP contribution in [0.25, 0.3) is 6.08 Å². The Hall–Kier alpha value is -1.32. The van der Waals surface area contributed by atoms with E-state index >= 15 is 0 Å². The molecule has 1 aliphatic rings. The van der Waals surface area contributed by atoms with Crippen LogP contribution in [-0.2, 0) is 4.79 Å². The molecule has 0 atom stereocenters. The quantitative estimate of drug-likeness (QED) is 0.832. The van der Waals surface area contributed by atoms with Gasteiger partial charge in [-0.1, -0.05) is 36.6 Å². The van der Waals surface area contributed by atoms with E-state index in [2.05, 4.69) is 5.32 Å². The Morgan fingerprint density at radius 2 is 1.95 bits per heavy atom. The second-order valence-corrected chi connectivity index (χ2v) is 5.50. The van der Waals surface area contributed by atoms with Crippen LogP contribution in [0.3, 0.4) is 0 Å². The first kappa shape index (κ1) is 14.1. The molecule has 2 rings (SSSR count). The first-order chi connectivity index (χ1) is 9.13. The first-order valence-electron chi connectivity index (χ1n) is 6.59. The monoisotopic (exact) mass is 278 g/mol. The maximum absolute atomic E-state index is 11.9. The number of benzene rings is 1. The molecule has 1 aromatic carbocycles. The molecular weight excluding hydrogens is 260 g/mol. The summed E-state index contributed by atoms with van der Waals surface area (Å²) < 4.78 is 0. The molecule has 0 unspecified atom stereocenters. The highest BCUT2D eigenvalue weighted by molar-refractivity contribution is 6.30. The smallest absolute Gasteiger partial charge is 0.244 e. The van der Waals surface area contributed by atoms with E-state index in [9.17, 15) is 4.79 Å². The van der Waals surface area contributed by atoms with E-state index in [1.807, 2.05) is 12.1 Å². The van der Waals surface area contributed by atoms with Crippen LogP contribution in [0.4, 0.5) is 0 Å². The minimum atomic E-state index is -0.193. The molecule has 1 aromatic rings. The van der Waals surface area contributed by atoms with Crippen LogP contribution >= 0.6 is 11.6 Å². The van der Waals surface area contributed by atoms with Gasteiger partial charge in [0.1, 0.15) is 0 Å². The van der Waals surface area contributed by atoms with Crippen LogP contribution in [0, 0.1) is 0 Å². The van der Waals surface area contributed by atoms with Gasteiger partial charge in [0.15, 0.2) is 0 Å². The number of carbonyl (C=O) groups excluding carboxylic acids is 1. The van der Waals surface area contributed by atoms with Crippen molar-refractivity contribution in [1.29, 1.82) is 0 Å². The van der Waals surface area contributed by atoms with Gasteiger partial charge in [-0.15, -0.1) is 0 Å². The zero-order valence-electron chi connectivity index (χ0n) is 10.9. The summed E-state index contributed by atoms with van der Waals surface area (Å²) in [5, 5.41) is 3.74. The predicted molar refractivity (Wildman–Crippen MR) is 78.9 cm³/mol. The molecule has 0 aromatic heterocycles. The van der Waals surface area contributed by atoms with E-state index in [1.54, 1.807) is 24.3 Å². The van der Waals surface area contributed by atoms with E-state index in [-0.39, 0.29) is 11.4 Å². The number of nitrogens with one attached hydrogen (secondary N) is 1. The minimum Gasteiger partial charge on any atom is -0.346 e. The highest BCUT2D eigenvalue weighted by Crippen LogP contribution is 2.28. The molecule has 4 heteroatoms. The molecule has 1 amide bonds. The van der Waals surface area contributed by atoms with Crippen molar-refractivity contribution in [2.24, 2.45) is 5.73 Å². The van der Waals surface area contributed by atoms with Crippen molar-refractivity contribution in [2.45, 2.75) is 31.2 Å². The number of hydrogen-bond acceptors (Lipinski definition) is 2. The van der Waals surface area contributed by atoms with Gasteiger partial charge in [-0.2, -0.15) is 0 Å². The van der Waals surface area contributed by atoms with E-state index in [1.165, 1.54) is 0 Å². The van der Waals surface area contributed by atoms with Gasteiger partial charge in [0.05, 0.1) is 5.54 Å². The molecule has 0 radical (unpaired) electrons. The Morgan fingerprint density at radius 3 is 2.53 bits per heavy atom. The Kier molecular flexibility index (Phi) is 4.61. The van der Waals surface area contributed by atoms with Crippen molar-refractivity contribution >= 4 is 23.6 Å². The molecule has 1 fully saturated rings. The van der Waals surface area contributed by atoms with E-state index in [4.69, 9.17) is 17.3 Å². The van der Waals surface area contributed by atoms with Crippen molar-refractivity contribution in [2.75, 3.05) is 6.54 Å². The van der Waals surface area contributed by atoms with E-state index in [0.717, 1.165) is 31.2 Å². The van der Waals surface area contributed by atoms with Gasteiger partial charge in [0.25, 0.3) is 0 Å². The summed E-state index contributed by atoms with van der Waals surface area (Å²) in [4.78, 5) is 11.9. The number of halogens is 1. The molecule has 102 valence electrons. The SMILES string of the molecule is NCC1(NC(=O)C=Cc2ccc(Cl)cc2)CCCC1. The molecule has 0 saturated heterocycles. The largest absolute Gasteiger partial charge is 0.346 e. The van der Waals surface area contributed by atoms with Gasteiger partial charge < -0.3 is 11.1 Å². The molecule has 1 aliphatic carbocycles. The lowest BCUT2D eigenvalue weighted by Crippen LogP contribution is -2.51. The topological polar surface area (TPSA) is 55.1 Å². The average Bonchev–Trinajstić information content (AvgIpc) is 2.87. The first-order valence-corrected chi connectivity index (χ1v) is 6.97. The summed E-state index contributed by atoms with van der Waals surface area (Å²) >= 11 is 5.81. The zero-order valence-corrected chi connectivity index (χ0v) is 11.6. The highest BCUT2D eigenvalue weighted by atomic mass is 35.5. The standard InChI is InChI=1S/C15H19ClN2O/c16-13-6-3-12(4-7-13)5-8-14(19)18-15(11-17)9-1-2-10-15/h3-8H,1-2,9-11,17H2,(H,18,19).